The lowest BCUT2D eigenvalue weighted by molar-refractivity contribution is -0.127. The first-order valence-corrected chi connectivity index (χ1v) is 9.31. The van der Waals surface area contributed by atoms with Gasteiger partial charge in [0.2, 0.25) is 5.91 Å². The Bertz CT molecular complexity index is 615. The highest BCUT2D eigenvalue weighted by atomic mass is 127. The summed E-state index contributed by atoms with van der Waals surface area (Å²) in [6.45, 7) is 7.40. The van der Waals surface area contributed by atoms with Crippen molar-refractivity contribution < 1.29 is 13.9 Å². The van der Waals surface area contributed by atoms with E-state index in [1.807, 2.05) is 18.7 Å². The Hall–Kier alpha value is -1.58. The number of ether oxygens (including phenoxy) is 1. The Labute approximate surface area is 178 Å². The number of aliphatic imine (C=N–C) groups is 1. The summed E-state index contributed by atoms with van der Waals surface area (Å²) < 4.78 is 19.2. The third-order valence-electron chi connectivity index (χ3n) is 4.08. The van der Waals surface area contributed by atoms with Gasteiger partial charge in [0.1, 0.15) is 6.10 Å². The lowest BCUT2D eigenvalue weighted by Crippen LogP contribution is -2.39. The molecule has 0 spiro atoms. The maximum atomic E-state index is 13.6. The monoisotopic (exact) mass is 492 g/mol. The number of halogens is 2. The Morgan fingerprint density at radius 1 is 1.37 bits per heavy atom. The lowest BCUT2D eigenvalue weighted by Gasteiger charge is -2.17. The summed E-state index contributed by atoms with van der Waals surface area (Å²) in [5.41, 5.74) is 0. The second-order valence-electron chi connectivity index (χ2n) is 6.34. The number of para-hydroxylation sites is 1. The van der Waals surface area contributed by atoms with Crippen molar-refractivity contribution in [1.29, 1.82) is 0 Å². The standard InChI is InChI=1S/C19H29FN4O2.HI/c1-3-21-19(22-11-7-13-24-12-6-10-18(24)25)23-14-15(2)26-17-9-5-4-8-16(17)20;/h4-5,8-9,15H,3,6-7,10-14H2,1-2H3,(H2,21,22,23);1H. The lowest BCUT2D eigenvalue weighted by atomic mass is 10.3. The van der Waals surface area contributed by atoms with Crippen LogP contribution in [0.5, 0.6) is 5.75 Å². The summed E-state index contributed by atoms with van der Waals surface area (Å²) in [6.07, 6.45) is 2.27. The van der Waals surface area contributed by atoms with Crippen molar-refractivity contribution in [2.75, 3.05) is 32.7 Å². The topological polar surface area (TPSA) is 66.0 Å². The van der Waals surface area contributed by atoms with Gasteiger partial charge in [-0.1, -0.05) is 12.1 Å². The molecule has 1 aromatic rings. The number of amides is 1. The van der Waals surface area contributed by atoms with E-state index in [2.05, 4.69) is 15.6 Å². The van der Waals surface area contributed by atoms with Crippen molar-refractivity contribution in [2.24, 2.45) is 4.99 Å². The molecule has 152 valence electrons. The van der Waals surface area contributed by atoms with Gasteiger partial charge in [-0.05, 0) is 38.8 Å². The van der Waals surface area contributed by atoms with Gasteiger partial charge in [0, 0.05) is 32.6 Å². The van der Waals surface area contributed by atoms with Gasteiger partial charge in [-0.2, -0.15) is 0 Å². The van der Waals surface area contributed by atoms with Crippen LogP contribution in [0.2, 0.25) is 0 Å². The highest BCUT2D eigenvalue weighted by Gasteiger charge is 2.18. The number of carbonyl (C=O) groups excluding carboxylic acids is 1. The number of nitrogens with one attached hydrogen (secondary N) is 2. The molecule has 2 rings (SSSR count). The first-order chi connectivity index (χ1) is 12.6. The number of hydrogen-bond donors (Lipinski definition) is 2. The fourth-order valence-corrected chi connectivity index (χ4v) is 2.77. The minimum Gasteiger partial charge on any atom is -0.486 e. The second-order valence-corrected chi connectivity index (χ2v) is 6.34. The van der Waals surface area contributed by atoms with E-state index in [-0.39, 0.29) is 47.6 Å². The van der Waals surface area contributed by atoms with E-state index in [0.29, 0.717) is 18.9 Å². The van der Waals surface area contributed by atoms with Crippen LogP contribution in [-0.2, 0) is 4.79 Å². The van der Waals surface area contributed by atoms with Gasteiger partial charge in [0.15, 0.2) is 17.5 Å². The summed E-state index contributed by atoms with van der Waals surface area (Å²) in [4.78, 5) is 18.0. The second kappa shape index (κ2) is 12.7. The highest BCUT2D eigenvalue weighted by molar-refractivity contribution is 14.0. The number of hydrogen-bond acceptors (Lipinski definition) is 3. The Morgan fingerprint density at radius 3 is 2.81 bits per heavy atom. The molecule has 1 atom stereocenters. The molecule has 1 aromatic carbocycles. The van der Waals surface area contributed by atoms with Gasteiger partial charge in [0.25, 0.3) is 0 Å². The fourth-order valence-electron chi connectivity index (χ4n) is 2.77. The smallest absolute Gasteiger partial charge is 0.222 e. The molecule has 0 aliphatic carbocycles. The molecule has 0 saturated carbocycles. The van der Waals surface area contributed by atoms with E-state index in [9.17, 15) is 9.18 Å². The van der Waals surface area contributed by atoms with Crippen molar-refractivity contribution in [1.82, 2.24) is 15.5 Å². The van der Waals surface area contributed by atoms with Crippen LogP contribution < -0.4 is 15.4 Å². The van der Waals surface area contributed by atoms with Gasteiger partial charge >= 0.3 is 0 Å². The maximum Gasteiger partial charge on any atom is 0.222 e. The zero-order valence-corrected chi connectivity index (χ0v) is 18.4. The van der Waals surface area contributed by atoms with Crippen LogP contribution in [0.25, 0.3) is 0 Å². The first-order valence-electron chi connectivity index (χ1n) is 9.31. The van der Waals surface area contributed by atoms with Crippen molar-refractivity contribution in [3.05, 3.63) is 30.1 Å². The quantitative estimate of drug-likeness (QED) is 0.241. The van der Waals surface area contributed by atoms with E-state index < -0.39 is 0 Å². The minimum absolute atomic E-state index is 0. The largest absolute Gasteiger partial charge is 0.486 e. The van der Waals surface area contributed by atoms with Crippen molar-refractivity contribution in [3.8, 4) is 5.75 Å². The summed E-state index contributed by atoms with van der Waals surface area (Å²) >= 11 is 0. The molecule has 6 nitrogen and oxygen atoms in total. The minimum atomic E-state index is -0.371. The number of nitrogens with zero attached hydrogens (tertiary/aromatic N) is 2. The van der Waals surface area contributed by atoms with Crippen LogP contribution in [0, 0.1) is 5.82 Å². The molecular formula is C19H30FIN4O2. The molecule has 8 heteroatoms. The zero-order valence-electron chi connectivity index (χ0n) is 16.0. The fraction of sp³-hybridized carbons (Fsp3) is 0.579. The molecule has 1 fully saturated rings. The molecule has 1 unspecified atom stereocenters. The van der Waals surface area contributed by atoms with Crippen molar-refractivity contribution in [3.63, 3.8) is 0 Å². The summed E-state index contributed by atoms with van der Waals surface area (Å²) in [5.74, 6) is 0.821. The molecule has 1 aliphatic heterocycles. The molecule has 1 heterocycles. The predicted molar refractivity (Wildman–Crippen MR) is 116 cm³/mol. The van der Waals surface area contributed by atoms with Gasteiger partial charge in [-0.15, -0.1) is 24.0 Å². The molecule has 27 heavy (non-hydrogen) atoms. The predicted octanol–water partition coefficient (Wildman–Crippen LogP) is 2.78. The average Bonchev–Trinajstić information content (AvgIpc) is 3.03. The Kier molecular flexibility index (Phi) is 11.1. The SMILES string of the molecule is CCNC(=NCC(C)Oc1ccccc1F)NCCCN1CCCC1=O.I. The van der Waals surface area contributed by atoms with Gasteiger partial charge in [-0.25, -0.2) is 9.38 Å². The van der Waals surface area contributed by atoms with E-state index >= 15 is 0 Å². The van der Waals surface area contributed by atoms with Gasteiger partial charge in [-0.3, -0.25) is 4.79 Å². The molecule has 2 N–H and O–H groups in total. The van der Waals surface area contributed by atoms with Crippen LogP contribution in [0.3, 0.4) is 0 Å². The average molecular weight is 492 g/mol. The molecule has 0 bridgehead atoms. The summed E-state index contributed by atoms with van der Waals surface area (Å²) in [6, 6.07) is 6.36. The molecule has 0 aromatic heterocycles. The third-order valence-corrected chi connectivity index (χ3v) is 4.08. The molecule has 1 saturated heterocycles. The highest BCUT2D eigenvalue weighted by Crippen LogP contribution is 2.17. The molecule has 1 aliphatic rings. The Morgan fingerprint density at radius 2 is 2.15 bits per heavy atom. The van der Waals surface area contributed by atoms with Crippen LogP contribution in [0.4, 0.5) is 4.39 Å². The molecule has 1 amide bonds. The zero-order chi connectivity index (χ0) is 18.8. The van der Waals surface area contributed by atoms with Gasteiger partial charge in [0.05, 0.1) is 6.54 Å². The maximum absolute atomic E-state index is 13.6. The van der Waals surface area contributed by atoms with E-state index in [0.717, 1.165) is 39.0 Å². The van der Waals surface area contributed by atoms with E-state index in [1.54, 1.807) is 18.2 Å². The summed E-state index contributed by atoms with van der Waals surface area (Å²) in [7, 11) is 0. The molecule has 0 radical (unpaired) electrons. The number of benzene rings is 1. The molecular weight excluding hydrogens is 462 g/mol. The summed E-state index contributed by atoms with van der Waals surface area (Å²) in [5, 5.41) is 6.44. The van der Waals surface area contributed by atoms with Crippen LogP contribution in [-0.4, -0.2) is 55.6 Å². The number of guanidine groups is 1. The van der Waals surface area contributed by atoms with Crippen molar-refractivity contribution in [2.45, 2.75) is 39.2 Å². The third kappa shape index (κ3) is 8.32. The van der Waals surface area contributed by atoms with Gasteiger partial charge < -0.3 is 20.3 Å². The van der Waals surface area contributed by atoms with Crippen LogP contribution in [0.1, 0.15) is 33.1 Å². The first kappa shape index (κ1) is 23.5. The van der Waals surface area contributed by atoms with E-state index in [4.69, 9.17) is 4.74 Å². The van der Waals surface area contributed by atoms with Crippen LogP contribution >= 0.6 is 24.0 Å². The normalized spacial score (nSPS) is 15.3. The number of carbonyl (C=O) groups is 1. The Balaban J connectivity index is 0.00000364. The van der Waals surface area contributed by atoms with Crippen molar-refractivity contribution >= 4 is 35.8 Å². The number of likely N-dealkylation sites (tertiary alicyclic amines) is 1. The van der Waals surface area contributed by atoms with Crippen LogP contribution in [0.15, 0.2) is 29.3 Å². The van der Waals surface area contributed by atoms with E-state index in [1.165, 1.54) is 6.07 Å². The number of rotatable bonds is 9.